The molecule has 8 nitrogen and oxygen atoms in total. The second-order valence-electron chi connectivity index (χ2n) is 5.01. The molecule has 126 valence electrons. The van der Waals surface area contributed by atoms with Gasteiger partial charge in [-0.2, -0.15) is 10.2 Å². The molecule has 0 radical (unpaired) electrons. The van der Waals surface area contributed by atoms with E-state index in [1.54, 1.807) is 12.1 Å². The normalized spacial score (nSPS) is 11.2. The predicted octanol–water partition coefficient (Wildman–Crippen LogP) is 3.15. The Morgan fingerprint density at radius 3 is 1.96 bits per heavy atom. The summed E-state index contributed by atoms with van der Waals surface area (Å²) >= 11 is 0. The van der Waals surface area contributed by atoms with Crippen LogP contribution in [0.3, 0.4) is 0 Å². The fourth-order valence-corrected chi connectivity index (χ4v) is 2.10. The number of likely N-dealkylation sites (N-methyl/N-ethyl adjacent to an activating group) is 1. The smallest absolute Gasteiger partial charge is 0.269 e. The highest BCUT2D eigenvalue weighted by Gasteiger charge is 2.08. The number of nitro groups is 1. The third-order valence-corrected chi connectivity index (χ3v) is 3.32. The van der Waals surface area contributed by atoms with Gasteiger partial charge in [-0.1, -0.05) is 0 Å². The van der Waals surface area contributed by atoms with Gasteiger partial charge in [-0.15, -0.1) is 0 Å². The predicted molar refractivity (Wildman–Crippen MR) is 89.8 cm³/mol. The van der Waals surface area contributed by atoms with Crippen molar-refractivity contribution in [1.82, 2.24) is 0 Å². The summed E-state index contributed by atoms with van der Waals surface area (Å²) in [5.41, 5.74) is 1.99. The molecule has 0 aromatic heterocycles. The minimum Gasteiger partial charge on any atom is -0.367 e. The molecule has 0 fully saturated rings. The van der Waals surface area contributed by atoms with Crippen LogP contribution in [0.1, 0.15) is 6.92 Å². The third-order valence-electron chi connectivity index (χ3n) is 3.32. The van der Waals surface area contributed by atoms with E-state index in [2.05, 4.69) is 10.2 Å². The summed E-state index contributed by atoms with van der Waals surface area (Å²) in [6.07, 6.45) is -1.40. The summed E-state index contributed by atoms with van der Waals surface area (Å²) in [7, 11) is 0. The Bertz CT molecular complexity index is 699. The van der Waals surface area contributed by atoms with Gasteiger partial charge >= 0.3 is 0 Å². The van der Waals surface area contributed by atoms with Gasteiger partial charge in [0.1, 0.15) is 0 Å². The second kappa shape index (κ2) is 8.14. The number of benzene rings is 2. The van der Waals surface area contributed by atoms with Crippen LogP contribution >= 0.6 is 0 Å². The van der Waals surface area contributed by atoms with Gasteiger partial charge in [-0.25, -0.2) is 0 Å². The first-order chi connectivity index (χ1) is 11.5. The van der Waals surface area contributed by atoms with Gasteiger partial charge in [0.15, 0.2) is 6.29 Å². The summed E-state index contributed by atoms with van der Waals surface area (Å²) in [5.74, 6) is 0. The van der Waals surface area contributed by atoms with Crippen LogP contribution in [0.2, 0.25) is 0 Å². The molecule has 0 heterocycles. The Labute approximate surface area is 138 Å². The maximum Gasteiger partial charge on any atom is 0.269 e. The number of rotatable bonds is 7. The lowest BCUT2D eigenvalue weighted by Crippen LogP contribution is -2.31. The van der Waals surface area contributed by atoms with Crippen molar-refractivity contribution < 1.29 is 15.1 Å². The van der Waals surface area contributed by atoms with Crippen LogP contribution in [0, 0.1) is 10.1 Å². The Morgan fingerprint density at radius 1 is 1.04 bits per heavy atom. The minimum absolute atomic E-state index is 0.00373. The van der Waals surface area contributed by atoms with Crippen molar-refractivity contribution in [3.8, 4) is 0 Å². The van der Waals surface area contributed by atoms with E-state index < -0.39 is 11.2 Å². The van der Waals surface area contributed by atoms with Crippen LogP contribution in [-0.4, -0.2) is 34.5 Å². The summed E-state index contributed by atoms with van der Waals surface area (Å²) < 4.78 is 0. The summed E-state index contributed by atoms with van der Waals surface area (Å²) in [4.78, 5) is 11.9. The Hall–Kier alpha value is -2.84. The van der Waals surface area contributed by atoms with Crippen molar-refractivity contribution in [3.63, 3.8) is 0 Å². The van der Waals surface area contributed by atoms with Crippen molar-refractivity contribution in [1.29, 1.82) is 0 Å². The first-order valence-corrected chi connectivity index (χ1v) is 7.37. The van der Waals surface area contributed by atoms with Crippen molar-refractivity contribution >= 4 is 22.7 Å². The molecule has 0 aliphatic rings. The van der Waals surface area contributed by atoms with Gasteiger partial charge in [0.25, 0.3) is 5.69 Å². The van der Waals surface area contributed by atoms with Gasteiger partial charge < -0.3 is 15.1 Å². The molecule has 0 amide bonds. The zero-order valence-electron chi connectivity index (χ0n) is 13.1. The zero-order valence-corrected chi connectivity index (χ0v) is 13.1. The fourth-order valence-electron chi connectivity index (χ4n) is 2.10. The lowest BCUT2D eigenvalue weighted by atomic mass is 10.2. The maximum atomic E-state index is 10.6. The molecule has 0 saturated heterocycles. The minimum atomic E-state index is -1.40. The summed E-state index contributed by atoms with van der Waals surface area (Å²) in [5, 5.41) is 36.8. The van der Waals surface area contributed by atoms with E-state index in [0.29, 0.717) is 17.9 Å². The van der Waals surface area contributed by atoms with Gasteiger partial charge in [-0.05, 0) is 43.3 Å². The maximum absolute atomic E-state index is 10.6. The van der Waals surface area contributed by atoms with Gasteiger partial charge in [0.2, 0.25) is 0 Å². The van der Waals surface area contributed by atoms with Gasteiger partial charge in [0, 0.05) is 24.4 Å². The average molecular weight is 330 g/mol. The molecule has 2 N–H and O–H groups in total. The van der Waals surface area contributed by atoms with E-state index >= 15 is 0 Å². The fraction of sp³-hybridized carbons (Fsp3) is 0.250. The molecule has 0 aliphatic carbocycles. The van der Waals surface area contributed by atoms with Crippen molar-refractivity contribution in [2.24, 2.45) is 10.2 Å². The molecular formula is C16H18N4O4. The van der Waals surface area contributed by atoms with Crippen LogP contribution in [0.15, 0.2) is 58.8 Å². The van der Waals surface area contributed by atoms with Crippen molar-refractivity contribution in [2.45, 2.75) is 13.2 Å². The largest absolute Gasteiger partial charge is 0.367 e. The quantitative estimate of drug-likeness (QED) is 0.350. The summed E-state index contributed by atoms with van der Waals surface area (Å²) in [6, 6.07) is 12.9. The van der Waals surface area contributed by atoms with E-state index in [0.717, 1.165) is 5.69 Å². The zero-order chi connectivity index (χ0) is 17.5. The Balaban J connectivity index is 2.06. The number of non-ortho nitro benzene ring substituents is 1. The molecule has 2 rings (SSSR count). The highest BCUT2D eigenvalue weighted by molar-refractivity contribution is 5.53. The van der Waals surface area contributed by atoms with Crippen LogP contribution in [-0.2, 0) is 0 Å². The lowest BCUT2D eigenvalue weighted by molar-refractivity contribution is -0.384. The monoisotopic (exact) mass is 330 g/mol. The number of nitrogens with zero attached hydrogens (tertiary/aromatic N) is 4. The van der Waals surface area contributed by atoms with Crippen LogP contribution in [0.5, 0.6) is 0 Å². The van der Waals surface area contributed by atoms with Gasteiger partial charge in [0.05, 0.1) is 22.8 Å². The molecule has 0 unspecified atom stereocenters. The number of nitro benzene ring substituents is 1. The first kappa shape index (κ1) is 17.5. The standard InChI is InChI=1S/C16H18N4O4/c1-2-19(11-16(21)22)14-7-3-12(4-8-14)17-18-13-5-9-15(10-6-13)20(23)24/h3-10,16,21-22H,2,11H2,1H3. The van der Waals surface area contributed by atoms with Crippen LogP contribution < -0.4 is 4.90 Å². The van der Waals surface area contributed by atoms with Gasteiger partial charge in [-0.3, -0.25) is 10.1 Å². The second-order valence-corrected chi connectivity index (χ2v) is 5.01. The highest BCUT2D eigenvalue weighted by atomic mass is 16.6. The molecule has 24 heavy (non-hydrogen) atoms. The number of azo groups is 1. The number of hydrogen-bond donors (Lipinski definition) is 2. The molecule has 0 saturated carbocycles. The van der Waals surface area contributed by atoms with E-state index in [1.165, 1.54) is 24.3 Å². The summed E-state index contributed by atoms with van der Waals surface area (Å²) in [6.45, 7) is 2.69. The van der Waals surface area contributed by atoms with E-state index in [1.807, 2.05) is 24.0 Å². The number of aliphatic hydroxyl groups is 2. The van der Waals surface area contributed by atoms with Crippen molar-refractivity contribution in [3.05, 3.63) is 58.6 Å². The Morgan fingerprint density at radius 2 is 1.54 bits per heavy atom. The molecule has 0 spiro atoms. The number of hydrogen-bond acceptors (Lipinski definition) is 7. The average Bonchev–Trinajstić information content (AvgIpc) is 2.58. The van der Waals surface area contributed by atoms with Crippen molar-refractivity contribution in [2.75, 3.05) is 18.0 Å². The lowest BCUT2D eigenvalue weighted by Gasteiger charge is -2.23. The molecular weight excluding hydrogens is 312 g/mol. The molecule has 2 aromatic carbocycles. The molecule has 8 heteroatoms. The molecule has 2 aromatic rings. The van der Waals surface area contributed by atoms with Crippen LogP contribution in [0.25, 0.3) is 0 Å². The highest BCUT2D eigenvalue weighted by Crippen LogP contribution is 2.23. The number of anilines is 1. The Kier molecular flexibility index (Phi) is 5.94. The molecule has 0 aliphatic heterocycles. The first-order valence-electron chi connectivity index (χ1n) is 7.37. The molecule has 0 bridgehead atoms. The SMILES string of the molecule is CCN(CC(O)O)c1ccc(N=Nc2ccc([N+](=O)[O-])cc2)cc1. The molecule has 0 atom stereocenters. The van der Waals surface area contributed by atoms with E-state index in [-0.39, 0.29) is 12.2 Å². The number of aliphatic hydroxyl groups excluding tert-OH is 1. The van der Waals surface area contributed by atoms with E-state index in [9.17, 15) is 10.1 Å². The van der Waals surface area contributed by atoms with Crippen LogP contribution in [0.4, 0.5) is 22.7 Å². The topological polar surface area (TPSA) is 112 Å². The third kappa shape index (κ3) is 4.83. The van der Waals surface area contributed by atoms with E-state index in [4.69, 9.17) is 10.2 Å².